The Balaban J connectivity index is 2.12. The van der Waals surface area contributed by atoms with Gasteiger partial charge in [0.1, 0.15) is 0 Å². The van der Waals surface area contributed by atoms with Gasteiger partial charge < -0.3 is 0 Å². The molecule has 0 aliphatic heterocycles. The van der Waals surface area contributed by atoms with Crippen molar-refractivity contribution in [2.75, 3.05) is 0 Å². The number of nitrogens with two attached hydrogens (primary N) is 1. The molecule has 0 radical (unpaired) electrons. The Bertz CT molecular complexity index is 385. The lowest BCUT2D eigenvalue weighted by atomic mass is 10.1. The van der Waals surface area contributed by atoms with Crippen molar-refractivity contribution in [2.45, 2.75) is 12.5 Å². The number of hydrazine groups is 1. The summed E-state index contributed by atoms with van der Waals surface area (Å²) in [6.07, 6.45) is 2.66. The minimum atomic E-state index is 0.0841. The van der Waals surface area contributed by atoms with E-state index in [1.54, 1.807) is 17.5 Å². The number of nitrogens with zero attached hydrogens (tertiary/aromatic N) is 1. The predicted octanol–water partition coefficient (Wildman–Crippen LogP) is 1.89. The van der Waals surface area contributed by atoms with Crippen LogP contribution in [0.1, 0.15) is 17.3 Å². The Labute approximate surface area is 92.9 Å². The van der Waals surface area contributed by atoms with Crippen LogP contribution in [0.25, 0.3) is 0 Å². The Kier molecular flexibility index (Phi) is 3.45. The summed E-state index contributed by atoms with van der Waals surface area (Å²) in [5.41, 5.74) is 5.06. The number of aromatic nitrogens is 1. The van der Waals surface area contributed by atoms with Crippen molar-refractivity contribution in [1.29, 1.82) is 0 Å². The van der Waals surface area contributed by atoms with Gasteiger partial charge in [-0.3, -0.25) is 16.3 Å². The topological polar surface area (TPSA) is 50.9 Å². The molecule has 3 N–H and O–H groups in total. The van der Waals surface area contributed by atoms with Gasteiger partial charge in [0.25, 0.3) is 0 Å². The fourth-order valence-corrected chi connectivity index (χ4v) is 2.16. The number of pyridine rings is 1. The van der Waals surface area contributed by atoms with Crippen LogP contribution in [0.5, 0.6) is 0 Å². The van der Waals surface area contributed by atoms with Crippen molar-refractivity contribution in [3.63, 3.8) is 0 Å². The van der Waals surface area contributed by atoms with Gasteiger partial charge in [-0.2, -0.15) is 11.3 Å². The molecule has 15 heavy (non-hydrogen) atoms. The standard InChI is InChI=1S/C11H13N3S/c12-14-11(7-9-4-6-15-8-9)10-3-1-2-5-13-10/h1-6,8,11,14H,7,12H2. The van der Waals surface area contributed by atoms with E-state index >= 15 is 0 Å². The molecule has 2 heterocycles. The number of hydrogen-bond donors (Lipinski definition) is 2. The van der Waals surface area contributed by atoms with Crippen LogP contribution in [0, 0.1) is 0 Å². The zero-order valence-electron chi connectivity index (χ0n) is 8.26. The summed E-state index contributed by atoms with van der Waals surface area (Å²) in [5.74, 6) is 5.53. The second-order valence-electron chi connectivity index (χ2n) is 3.31. The minimum Gasteiger partial charge on any atom is -0.271 e. The van der Waals surface area contributed by atoms with E-state index in [9.17, 15) is 0 Å². The van der Waals surface area contributed by atoms with Gasteiger partial charge >= 0.3 is 0 Å². The van der Waals surface area contributed by atoms with Crippen LogP contribution < -0.4 is 11.3 Å². The molecule has 0 spiro atoms. The highest BCUT2D eigenvalue weighted by atomic mass is 32.1. The van der Waals surface area contributed by atoms with Crippen molar-refractivity contribution < 1.29 is 0 Å². The van der Waals surface area contributed by atoms with E-state index in [0.29, 0.717) is 0 Å². The van der Waals surface area contributed by atoms with Gasteiger partial charge in [-0.15, -0.1) is 0 Å². The molecule has 1 unspecified atom stereocenters. The van der Waals surface area contributed by atoms with E-state index in [4.69, 9.17) is 5.84 Å². The number of rotatable bonds is 4. The van der Waals surface area contributed by atoms with Gasteiger partial charge in [-0.05, 0) is 40.9 Å². The quantitative estimate of drug-likeness (QED) is 0.610. The first kappa shape index (κ1) is 10.3. The van der Waals surface area contributed by atoms with Gasteiger partial charge in [0.05, 0.1) is 11.7 Å². The van der Waals surface area contributed by atoms with Crippen LogP contribution in [-0.2, 0) is 6.42 Å². The van der Waals surface area contributed by atoms with E-state index in [-0.39, 0.29) is 6.04 Å². The Morgan fingerprint density at radius 1 is 1.40 bits per heavy atom. The molecule has 0 bridgehead atoms. The molecule has 0 aromatic carbocycles. The zero-order valence-corrected chi connectivity index (χ0v) is 9.08. The minimum absolute atomic E-state index is 0.0841. The van der Waals surface area contributed by atoms with Crippen LogP contribution in [-0.4, -0.2) is 4.98 Å². The molecule has 1 atom stereocenters. The lowest BCUT2D eigenvalue weighted by Gasteiger charge is -2.14. The van der Waals surface area contributed by atoms with E-state index < -0.39 is 0 Å². The third-order valence-corrected chi connectivity index (χ3v) is 3.00. The average molecular weight is 219 g/mol. The summed E-state index contributed by atoms with van der Waals surface area (Å²) in [7, 11) is 0. The molecular weight excluding hydrogens is 206 g/mol. The lowest BCUT2D eigenvalue weighted by molar-refractivity contribution is 0.539. The van der Waals surface area contributed by atoms with Crippen LogP contribution in [0.3, 0.4) is 0 Å². The maximum atomic E-state index is 5.53. The van der Waals surface area contributed by atoms with E-state index in [1.807, 2.05) is 18.2 Å². The summed E-state index contributed by atoms with van der Waals surface area (Å²) in [6.45, 7) is 0. The normalized spacial score (nSPS) is 12.6. The Morgan fingerprint density at radius 3 is 2.93 bits per heavy atom. The first-order valence-electron chi connectivity index (χ1n) is 4.78. The van der Waals surface area contributed by atoms with Crippen LogP contribution >= 0.6 is 11.3 Å². The molecular formula is C11H13N3S. The van der Waals surface area contributed by atoms with Crippen molar-refractivity contribution in [1.82, 2.24) is 10.4 Å². The number of thiophene rings is 1. The van der Waals surface area contributed by atoms with Gasteiger partial charge in [-0.1, -0.05) is 6.07 Å². The third-order valence-electron chi connectivity index (χ3n) is 2.27. The second kappa shape index (κ2) is 5.02. The molecule has 4 heteroatoms. The summed E-state index contributed by atoms with van der Waals surface area (Å²) in [6, 6.07) is 8.05. The molecule has 3 nitrogen and oxygen atoms in total. The summed E-state index contributed by atoms with van der Waals surface area (Å²) < 4.78 is 0. The number of nitrogens with one attached hydrogen (secondary N) is 1. The fraction of sp³-hybridized carbons (Fsp3) is 0.182. The zero-order chi connectivity index (χ0) is 10.5. The van der Waals surface area contributed by atoms with Gasteiger partial charge in [0.15, 0.2) is 0 Å². The van der Waals surface area contributed by atoms with Crippen LogP contribution in [0.15, 0.2) is 41.2 Å². The largest absolute Gasteiger partial charge is 0.271 e. The molecule has 2 rings (SSSR count). The molecule has 0 saturated carbocycles. The maximum absolute atomic E-state index is 5.53. The summed E-state index contributed by atoms with van der Waals surface area (Å²) >= 11 is 1.70. The fourth-order valence-electron chi connectivity index (χ4n) is 1.48. The molecule has 2 aromatic heterocycles. The summed E-state index contributed by atoms with van der Waals surface area (Å²) in [4.78, 5) is 4.29. The van der Waals surface area contributed by atoms with Gasteiger partial charge in [0, 0.05) is 6.20 Å². The van der Waals surface area contributed by atoms with E-state index in [1.165, 1.54) is 5.56 Å². The highest BCUT2D eigenvalue weighted by molar-refractivity contribution is 7.07. The molecule has 0 aliphatic rings. The monoisotopic (exact) mass is 219 g/mol. The SMILES string of the molecule is NNC(Cc1ccsc1)c1ccccn1. The second-order valence-corrected chi connectivity index (χ2v) is 4.09. The van der Waals surface area contributed by atoms with Crippen LogP contribution in [0.2, 0.25) is 0 Å². The Morgan fingerprint density at radius 2 is 2.33 bits per heavy atom. The molecule has 0 amide bonds. The highest BCUT2D eigenvalue weighted by Crippen LogP contribution is 2.17. The molecule has 0 fully saturated rings. The maximum Gasteiger partial charge on any atom is 0.0672 e. The molecule has 2 aromatic rings. The summed E-state index contributed by atoms with van der Waals surface area (Å²) in [5, 5.41) is 4.20. The average Bonchev–Trinajstić information content (AvgIpc) is 2.80. The van der Waals surface area contributed by atoms with Crippen molar-refractivity contribution in [3.8, 4) is 0 Å². The molecule has 0 aliphatic carbocycles. The highest BCUT2D eigenvalue weighted by Gasteiger charge is 2.11. The number of hydrogen-bond acceptors (Lipinski definition) is 4. The molecule has 0 saturated heterocycles. The van der Waals surface area contributed by atoms with E-state index in [0.717, 1.165) is 12.1 Å². The van der Waals surface area contributed by atoms with Crippen molar-refractivity contribution in [3.05, 3.63) is 52.5 Å². The first-order chi connectivity index (χ1) is 7.40. The van der Waals surface area contributed by atoms with Crippen molar-refractivity contribution in [2.24, 2.45) is 5.84 Å². The first-order valence-corrected chi connectivity index (χ1v) is 5.72. The van der Waals surface area contributed by atoms with Crippen molar-refractivity contribution >= 4 is 11.3 Å². The molecule has 78 valence electrons. The van der Waals surface area contributed by atoms with Gasteiger partial charge in [-0.25, -0.2) is 0 Å². The third kappa shape index (κ3) is 2.62. The Hall–Kier alpha value is -1.23. The predicted molar refractivity (Wildman–Crippen MR) is 62.3 cm³/mol. The smallest absolute Gasteiger partial charge is 0.0672 e. The van der Waals surface area contributed by atoms with Crippen LogP contribution in [0.4, 0.5) is 0 Å². The lowest BCUT2D eigenvalue weighted by Crippen LogP contribution is -2.30. The van der Waals surface area contributed by atoms with Gasteiger partial charge in [0.2, 0.25) is 0 Å². The van der Waals surface area contributed by atoms with E-state index in [2.05, 4.69) is 27.2 Å².